The Morgan fingerprint density at radius 3 is 2.90 bits per heavy atom. The van der Waals surface area contributed by atoms with Crippen molar-refractivity contribution in [3.63, 3.8) is 0 Å². The Bertz CT molecular complexity index is 791. The van der Waals surface area contributed by atoms with Crippen molar-refractivity contribution in [2.24, 2.45) is 0 Å². The zero-order chi connectivity index (χ0) is 14.3. The second-order valence-corrected chi connectivity index (χ2v) is 5.59. The predicted molar refractivity (Wildman–Crippen MR) is 75.6 cm³/mol. The molecule has 1 aromatic carbocycles. The molecule has 3 rings (SSSR count). The Balaban J connectivity index is 2.20. The minimum atomic E-state index is -1.06. The number of nitrogens with zero attached hydrogens (tertiary/aromatic N) is 4. The lowest BCUT2D eigenvalue weighted by molar-refractivity contribution is 0.0688. The Kier molecular flexibility index (Phi) is 2.98. The van der Waals surface area contributed by atoms with Gasteiger partial charge < -0.3 is 5.11 Å². The van der Waals surface area contributed by atoms with Gasteiger partial charge in [0.2, 0.25) is 0 Å². The molecule has 2 heterocycles. The molecule has 0 aliphatic heterocycles. The van der Waals surface area contributed by atoms with E-state index in [1.54, 1.807) is 10.2 Å². The van der Waals surface area contributed by atoms with Crippen LogP contribution in [0, 0.1) is 0 Å². The highest BCUT2D eigenvalue weighted by Gasteiger charge is 2.22. The summed E-state index contributed by atoms with van der Waals surface area (Å²) in [6.07, 6.45) is 0. The fraction of sp³-hybridized carbons (Fsp3) is 0.231. The molecule has 0 unspecified atom stereocenters. The first-order valence-corrected chi connectivity index (χ1v) is 6.98. The standard InChI is InChI=1S/C13H12N4O2S/c1-7(2)12-11(13(18)19)15-16-17(12)8-3-4-9-10(5-8)20-6-14-9/h3-7H,1-2H3,(H,18,19). The number of hydrogen-bond donors (Lipinski definition) is 1. The van der Waals surface area contributed by atoms with Crippen molar-refractivity contribution < 1.29 is 9.90 Å². The SMILES string of the molecule is CC(C)c1c(C(=O)O)nnn1-c1ccc2ncsc2c1. The van der Waals surface area contributed by atoms with Crippen LogP contribution in [0.3, 0.4) is 0 Å². The molecule has 102 valence electrons. The van der Waals surface area contributed by atoms with E-state index in [4.69, 9.17) is 0 Å². The minimum absolute atomic E-state index is 0.00408. The average Bonchev–Trinajstić information content (AvgIpc) is 3.04. The molecule has 1 N–H and O–H groups in total. The van der Waals surface area contributed by atoms with Gasteiger partial charge in [-0.3, -0.25) is 0 Å². The predicted octanol–water partition coefficient (Wildman–Crippen LogP) is 2.70. The maximum absolute atomic E-state index is 11.2. The summed E-state index contributed by atoms with van der Waals surface area (Å²) in [6, 6.07) is 5.71. The molecule has 0 aliphatic carbocycles. The van der Waals surface area contributed by atoms with E-state index in [0.29, 0.717) is 5.69 Å². The van der Waals surface area contributed by atoms with Gasteiger partial charge in [-0.25, -0.2) is 14.5 Å². The van der Waals surface area contributed by atoms with E-state index in [0.717, 1.165) is 15.9 Å². The first-order chi connectivity index (χ1) is 9.58. The second kappa shape index (κ2) is 4.68. The van der Waals surface area contributed by atoms with Crippen LogP contribution < -0.4 is 0 Å². The van der Waals surface area contributed by atoms with Crippen LogP contribution in [0.25, 0.3) is 15.9 Å². The number of rotatable bonds is 3. The van der Waals surface area contributed by atoms with Crippen molar-refractivity contribution in [1.82, 2.24) is 20.0 Å². The molecular weight excluding hydrogens is 276 g/mol. The van der Waals surface area contributed by atoms with Crippen LogP contribution >= 0.6 is 11.3 Å². The van der Waals surface area contributed by atoms with Crippen molar-refractivity contribution in [2.45, 2.75) is 19.8 Å². The van der Waals surface area contributed by atoms with Crippen molar-refractivity contribution in [3.8, 4) is 5.69 Å². The average molecular weight is 288 g/mol. The zero-order valence-electron chi connectivity index (χ0n) is 10.9. The van der Waals surface area contributed by atoms with Crippen LogP contribution in [0.5, 0.6) is 0 Å². The van der Waals surface area contributed by atoms with Gasteiger partial charge in [0.1, 0.15) is 0 Å². The van der Waals surface area contributed by atoms with Gasteiger partial charge in [-0.2, -0.15) is 0 Å². The molecule has 3 aromatic rings. The number of benzene rings is 1. The summed E-state index contributed by atoms with van der Waals surface area (Å²) in [5.41, 5.74) is 4.10. The summed E-state index contributed by atoms with van der Waals surface area (Å²) in [5, 5.41) is 17.0. The van der Waals surface area contributed by atoms with Crippen LogP contribution in [0.2, 0.25) is 0 Å². The fourth-order valence-corrected chi connectivity index (χ4v) is 2.84. The highest BCUT2D eigenvalue weighted by Crippen LogP contribution is 2.25. The monoisotopic (exact) mass is 288 g/mol. The van der Waals surface area contributed by atoms with Gasteiger partial charge in [0.15, 0.2) is 5.69 Å². The highest BCUT2D eigenvalue weighted by molar-refractivity contribution is 7.16. The molecule has 0 bridgehead atoms. The van der Waals surface area contributed by atoms with Gasteiger partial charge in [-0.05, 0) is 24.1 Å². The number of hydrogen-bond acceptors (Lipinski definition) is 5. The van der Waals surface area contributed by atoms with Crippen LogP contribution in [-0.2, 0) is 0 Å². The van der Waals surface area contributed by atoms with Gasteiger partial charge in [-0.1, -0.05) is 19.1 Å². The number of aromatic carboxylic acids is 1. The number of carboxylic acids is 1. The first kappa shape index (κ1) is 12.7. The molecule has 0 fully saturated rings. The molecule has 2 aromatic heterocycles. The minimum Gasteiger partial charge on any atom is -0.476 e. The van der Waals surface area contributed by atoms with Crippen LogP contribution in [-0.4, -0.2) is 31.1 Å². The summed E-state index contributed by atoms with van der Waals surface area (Å²) < 4.78 is 2.62. The Labute approximate surface area is 118 Å². The Hall–Kier alpha value is -2.28. The summed E-state index contributed by atoms with van der Waals surface area (Å²) in [7, 11) is 0. The lowest BCUT2D eigenvalue weighted by atomic mass is 10.1. The number of fused-ring (bicyclic) bond motifs is 1. The van der Waals surface area contributed by atoms with E-state index in [1.807, 2.05) is 32.0 Å². The van der Waals surface area contributed by atoms with Gasteiger partial charge in [0.25, 0.3) is 0 Å². The lowest BCUT2D eigenvalue weighted by Crippen LogP contribution is -2.08. The van der Waals surface area contributed by atoms with E-state index in [-0.39, 0.29) is 11.6 Å². The van der Waals surface area contributed by atoms with E-state index in [2.05, 4.69) is 15.3 Å². The van der Waals surface area contributed by atoms with E-state index in [1.165, 1.54) is 11.3 Å². The second-order valence-electron chi connectivity index (χ2n) is 4.70. The van der Waals surface area contributed by atoms with Gasteiger partial charge in [0, 0.05) is 0 Å². The Morgan fingerprint density at radius 2 is 2.20 bits per heavy atom. The lowest BCUT2D eigenvalue weighted by Gasteiger charge is -2.09. The molecular formula is C13H12N4O2S. The van der Waals surface area contributed by atoms with Crippen LogP contribution in [0.4, 0.5) is 0 Å². The molecule has 0 saturated heterocycles. The molecule has 0 amide bonds. The number of thiazole rings is 1. The topological polar surface area (TPSA) is 80.9 Å². The number of aromatic nitrogens is 4. The van der Waals surface area contributed by atoms with Crippen molar-refractivity contribution in [1.29, 1.82) is 0 Å². The summed E-state index contributed by atoms with van der Waals surface area (Å²) in [6.45, 7) is 3.85. The quantitative estimate of drug-likeness (QED) is 0.801. The third-order valence-corrected chi connectivity index (χ3v) is 3.81. The normalized spacial score (nSPS) is 11.3. The molecule has 0 radical (unpaired) electrons. The van der Waals surface area contributed by atoms with E-state index < -0.39 is 5.97 Å². The molecule has 6 nitrogen and oxygen atoms in total. The van der Waals surface area contributed by atoms with Crippen molar-refractivity contribution >= 4 is 27.5 Å². The molecule has 0 aliphatic rings. The van der Waals surface area contributed by atoms with E-state index in [9.17, 15) is 9.90 Å². The van der Waals surface area contributed by atoms with Crippen LogP contribution in [0.1, 0.15) is 35.9 Å². The smallest absolute Gasteiger partial charge is 0.358 e. The fourth-order valence-electron chi connectivity index (χ4n) is 2.13. The molecule has 0 spiro atoms. The largest absolute Gasteiger partial charge is 0.476 e. The van der Waals surface area contributed by atoms with Crippen LogP contribution in [0.15, 0.2) is 23.7 Å². The van der Waals surface area contributed by atoms with Gasteiger partial charge >= 0.3 is 5.97 Å². The maximum Gasteiger partial charge on any atom is 0.358 e. The summed E-state index contributed by atoms with van der Waals surface area (Å²) >= 11 is 1.53. The molecule has 0 saturated carbocycles. The van der Waals surface area contributed by atoms with Gasteiger partial charge in [0.05, 0.1) is 27.1 Å². The number of carbonyl (C=O) groups is 1. The van der Waals surface area contributed by atoms with E-state index >= 15 is 0 Å². The molecule has 0 atom stereocenters. The van der Waals surface area contributed by atoms with Crippen molar-refractivity contribution in [2.75, 3.05) is 0 Å². The summed E-state index contributed by atoms with van der Waals surface area (Å²) in [5.74, 6) is -1.05. The maximum atomic E-state index is 11.2. The Morgan fingerprint density at radius 1 is 1.40 bits per heavy atom. The molecule has 7 heteroatoms. The third-order valence-electron chi connectivity index (χ3n) is 3.01. The summed E-state index contributed by atoms with van der Waals surface area (Å²) in [4.78, 5) is 15.4. The van der Waals surface area contributed by atoms with Gasteiger partial charge in [-0.15, -0.1) is 16.4 Å². The number of carboxylic acid groups (broad SMARTS) is 1. The third kappa shape index (κ3) is 1.96. The molecule has 20 heavy (non-hydrogen) atoms. The van der Waals surface area contributed by atoms with Crippen molar-refractivity contribution in [3.05, 3.63) is 35.1 Å². The highest BCUT2D eigenvalue weighted by atomic mass is 32.1. The zero-order valence-corrected chi connectivity index (χ0v) is 11.8. The first-order valence-electron chi connectivity index (χ1n) is 6.10.